The summed E-state index contributed by atoms with van der Waals surface area (Å²) in [4.78, 5) is 2.60. The number of rotatable bonds is 3. The minimum Gasteiger partial charge on any atom is -0.388 e. The molecule has 1 saturated heterocycles. The van der Waals surface area contributed by atoms with E-state index in [0.717, 1.165) is 0 Å². The number of nitrogens with zero attached hydrogens (tertiary/aromatic N) is 1. The molecule has 0 spiro atoms. The van der Waals surface area contributed by atoms with Gasteiger partial charge in [0.25, 0.3) is 0 Å². The fraction of sp³-hybridized carbons (Fsp3) is 0.500. The third-order valence-corrected chi connectivity index (χ3v) is 4.13. The summed E-state index contributed by atoms with van der Waals surface area (Å²) < 4.78 is 0. The van der Waals surface area contributed by atoms with E-state index >= 15 is 0 Å². The lowest BCUT2D eigenvalue weighted by Gasteiger charge is -2.22. The summed E-state index contributed by atoms with van der Waals surface area (Å²) in [5.41, 5.74) is 5.76. The van der Waals surface area contributed by atoms with Crippen LogP contribution in [0.15, 0.2) is 23.8 Å². The van der Waals surface area contributed by atoms with Gasteiger partial charge in [0.1, 0.15) is 0 Å². The van der Waals surface area contributed by atoms with Crippen LogP contribution in [0.3, 0.4) is 0 Å². The second-order valence-corrected chi connectivity index (χ2v) is 5.45. The fourth-order valence-electron chi connectivity index (χ4n) is 3.06. The predicted octanol–water partition coefficient (Wildman–Crippen LogP) is 4.00. The molecule has 0 bridgehead atoms. The van der Waals surface area contributed by atoms with Crippen LogP contribution in [-0.4, -0.2) is 31.6 Å². The molecule has 0 amide bonds. The van der Waals surface area contributed by atoms with Gasteiger partial charge in [0.2, 0.25) is 0 Å². The van der Waals surface area contributed by atoms with Crippen molar-refractivity contribution in [2.45, 2.75) is 25.7 Å². The molecular formula is C16H24Cl2N2. The van der Waals surface area contributed by atoms with E-state index in [1.165, 1.54) is 62.1 Å². The molecule has 0 atom stereocenters. The van der Waals surface area contributed by atoms with Gasteiger partial charge in [-0.1, -0.05) is 17.7 Å². The SMILES string of the molecule is CNc1ccc2c(c1)CCC(CN1CCCC1)=C2.Cl.Cl. The first kappa shape index (κ1) is 17.4. The zero-order valence-electron chi connectivity index (χ0n) is 12.0. The number of nitrogens with one attached hydrogen (secondary N) is 1. The van der Waals surface area contributed by atoms with Gasteiger partial charge in [-0.2, -0.15) is 0 Å². The predicted molar refractivity (Wildman–Crippen MR) is 92.5 cm³/mol. The molecule has 0 aromatic heterocycles. The van der Waals surface area contributed by atoms with Crippen molar-refractivity contribution >= 4 is 36.6 Å². The Morgan fingerprint density at radius 1 is 1.10 bits per heavy atom. The van der Waals surface area contributed by atoms with Crippen LogP contribution in [0, 0.1) is 0 Å². The van der Waals surface area contributed by atoms with Crippen molar-refractivity contribution in [3.63, 3.8) is 0 Å². The van der Waals surface area contributed by atoms with Crippen LogP contribution in [0.5, 0.6) is 0 Å². The van der Waals surface area contributed by atoms with Crippen molar-refractivity contribution in [3.8, 4) is 0 Å². The average molecular weight is 315 g/mol. The molecular weight excluding hydrogens is 291 g/mol. The molecule has 0 radical (unpaired) electrons. The lowest BCUT2D eigenvalue weighted by molar-refractivity contribution is 0.365. The molecule has 4 heteroatoms. The van der Waals surface area contributed by atoms with Crippen LogP contribution < -0.4 is 5.32 Å². The van der Waals surface area contributed by atoms with Crippen molar-refractivity contribution in [2.75, 3.05) is 32.0 Å². The quantitative estimate of drug-likeness (QED) is 0.907. The summed E-state index contributed by atoms with van der Waals surface area (Å²) in [6.07, 6.45) is 7.61. The maximum Gasteiger partial charge on any atom is 0.0340 e. The highest BCUT2D eigenvalue weighted by Crippen LogP contribution is 2.27. The zero-order chi connectivity index (χ0) is 12.4. The van der Waals surface area contributed by atoms with Crippen LogP contribution in [0.1, 0.15) is 30.4 Å². The molecule has 1 heterocycles. The van der Waals surface area contributed by atoms with Gasteiger partial charge in [0, 0.05) is 19.3 Å². The van der Waals surface area contributed by atoms with Crippen LogP contribution in [-0.2, 0) is 6.42 Å². The molecule has 0 unspecified atom stereocenters. The van der Waals surface area contributed by atoms with Crippen molar-refractivity contribution in [1.82, 2.24) is 4.90 Å². The normalized spacial score (nSPS) is 17.6. The van der Waals surface area contributed by atoms with Gasteiger partial charge in [-0.3, -0.25) is 4.90 Å². The molecule has 1 aromatic carbocycles. The van der Waals surface area contributed by atoms with E-state index in [4.69, 9.17) is 0 Å². The van der Waals surface area contributed by atoms with Gasteiger partial charge in [0.05, 0.1) is 0 Å². The van der Waals surface area contributed by atoms with Crippen LogP contribution in [0.4, 0.5) is 5.69 Å². The second kappa shape index (κ2) is 7.92. The summed E-state index contributed by atoms with van der Waals surface area (Å²) in [5, 5.41) is 3.22. The Balaban J connectivity index is 0.000001000. The van der Waals surface area contributed by atoms with Gasteiger partial charge in [-0.15, -0.1) is 24.8 Å². The van der Waals surface area contributed by atoms with Crippen LogP contribution >= 0.6 is 24.8 Å². The fourth-order valence-corrected chi connectivity index (χ4v) is 3.06. The maximum atomic E-state index is 3.22. The van der Waals surface area contributed by atoms with Gasteiger partial charge >= 0.3 is 0 Å². The molecule has 1 aliphatic carbocycles. The summed E-state index contributed by atoms with van der Waals surface area (Å²) in [6.45, 7) is 3.78. The van der Waals surface area contributed by atoms with Gasteiger partial charge < -0.3 is 5.32 Å². The van der Waals surface area contributed by atoms with E-state index in [2.05, 4.69) is 34.5 Å². The van der Waals surface area contributed by atoms with Crippen molar-refractivity contribution in [1.29, 1.82) is 0 Å². The van der Waals surface area contributed by atoms with Gasteiger partial charge in [-0.05, 0) is 62.0 Å². The number of benzene rings is 1. The summed E-state index contributed by atoms with van der Waals surface area (Å²) in [7, 11) is 1.99. The highest BCUT2D eigenvalue weighted by Gasteiger charge is 2.16. The second-order valence-electron chi connectivity index (χ2n) is 5.45. The maximum absolute atomic E-state index is 3.22. The van der Waals surface area contributed by atoms with E-state index in [-0.39, 0.29) is 24.8 Å². The molecule has 2 nitrogen and oxygen atoms in total. The summed E-state index contributed by atoms with van der Waals surface area (Å²) >= 11 is 0. The minimum atomic E-state index is 0. The van der Waals surface area contributed by atoms with Crippen molar-refractivity contribution in [2.24, 2.45) is 0 Å². The average Bonchev–Trinajstić information content (AvgIpc) is 2.91. The molecule has 2 aliphatic rings. The number of likely N-dealkylation sites (tertiary alicyclic amines) is 1. The van der Waals surface area contributed by atoms with Crippen LogP contribution in [0.25, 0.3) is 6.08 Å². The molecule has 1 aromatic rings. The first-order chi connectivity index (χ1) is 8.85. The Hall–Kier alpha value is -0.700. The molecule has 1 fully saturated rings. The molecule has 0 saturated carbocycles. The molecule has 112 valence electrons. The third kappa shape index (κ3) is 3.91. The Morgan fingerprint density at radius 3 is 2.55 bits per heavy atom. The Morgan fingerprint density at radius 2 is 1.85 bits per heavy atom. The number of aryl methyl sites for hydroxylation is 1. The first-order valence-electron chi connectivity index (χ1n) is 7.07. The van der Waals surface area contributed by atoms with E-state index in [1.54, 1.807) is 5.57 Å². The highest BCUT2D eigenvalue weighted by molar-refractivity contribution is 5.85. The Bertz CT molecular complexity index is 466. The monoisotopic (exact) mass is 314 g/mol. The smallest absolute Gasteiger partial charge is 0.0340 e. The number of hydrogen-bond donors (Lipinski definition) is 1. The first-order valence-corrected chi connectivity index (χ1v) is 7.07. The third-order valence-electron chi connectivity index (χ3n) is 4.13. The largest absolute Gasteiger partial charge is 0.388 e. The van der Waals surface area contributed by atoms with Crippen LogP contribution in [0.2, 0.25) is 0 Å². The summed E-state index contributed by atoms with van der Waals surface area (Å²) in [6, 6.07) is 6.72. The van der Waals surface area contributed by atoms with E-state index in [0.29, 0.717) is 0 Å². The minimum absolute atomic E-state index is 0. The van der Waals surface area contributed by atoms with Gasteiger partial charge in [0.15, 0.2) is 0 Å². The Kier molecular flexibility index (Phi) is 6.87. The van der Waals surface area contributed by atoms with E-state index < -0.39 is 0 Å². The van der Waals surface area contributed by atoms with Crippen molar-refractivity contribution in [3.05, 3.63) is 34.9 Å². The number of fused-ring (bicyclic) bond motifs is 1. The number of halogens is 2. The molecule has 1 aliphatic heterocycles. The standard InChI is InChI=1S/C16H22N2.2ClH/c1-17-16-7-6-14-10-13(4-5-15(14)11-16)12-18-8-2-3-9-18;;/h6-7,10-11,17H,2-5,8-9,12H2,1H3;2*1H. The Labute approximate surface area is 134 Å². The number of hydrogen-bond acceptors (Lipinski definition) is 2. The zero-order valence-corrected chi connectivity index (χ0v) is 13.7. The van der Waals surface area contributed by atoms with E-state index in [9.17, 15) is 0 Å². The number of anilines is 1. The molecule has 3 rings (SSSR count). The summed E-state index contributed by atoms with van der Waals surface area (Å²) in [5.74, 6) is 0. The van der Waals surface area contributed by atoms with Gasteiger partial charge in [-0.25, -0.2) is 0 Å². The van der Waals surface area contributed by atoms with E-state index in [1.807, 2.05) is 7.05 Å². The lowest BCUT2D eigenvalue weighted by Crippen LogP contribution is -2.22. The topological polar surface area (TPSA) is 15.3 Å². The molecule has 20 heavy (non-hydrogen) atoms. The molecule has 1 N–H and O–H groups in total. The van der Waals surface area contributed by atoms with Crippen molar-refractivity contribution < 1.29 is 0 Å². The lowest BCUT2D eigenvalue weighted by atomic mass is 9.91. The highest BCUT2D eigenvalue weighted by atomic mass is 35.5.